The highest BCUT2D eigenvalue weighted by atomic mass is 35.5. The van der Waals surface area contributed by atoms with Crippen LogP contribution in [0.5, 0.6) is 0 Å². The Balaban J connectivity index is 2.23. The van der Waals surface area contributed by atoms with E-state index in [4.69, 9.17) is 17.4 Å². The van der Waals surface area contributed by atoms with E-state index in [9.17, 15) is 0 Å². The lowest BCUT2D eigenvalue weighted by atomic mass is 9.73. The number of halogens is 1. The standard InChI is InChI=1S/C15H25ClN4/c1-20(2)15(7-4-3-5-8-15)14(19-17)10-12-6-9-18-11-13(12)16/h6,9,11,14,19H,3-5,7-8,10,17H2,1-2H3. The van der Waals surface area contributed by atoms with Gasteiger partial charge in [0.2, 0.25) is 0 Å². The van der Waals surface area contributed by atoms with Gasteiger partial charge in [-0.25, -0.2) is 0 Å². The molecule has 0 aromatic carbocycles. The van der Waals surface area contributed by atoms with Crippen LogP contribution in [-0.4, -0.2) is 35.6 Å². The maximum absolute atomic E-state index is 6.24. The third-order valence-corrected chi connectivity index (χ3v) is 5.08. The predicted octanol–water partition coefficient (Wildman–Crippen LogP) is 2.37. The molecular formula is C15H25ClN4. The molecule has 2 rings (SSSR count). The van der Waals surface area contributed by atoms with Gasteiger partial charge in [0.05, 0.1) is 5.02 Å². The summed E-state index contributed by atoms with van der Waals surface area (Å²) in [7, 11) is 4.31. The molecule has 0 amide bonds. The zero-order valence-corrected chi connectivity index (χ0v) is 13.2. The highest BCUT2D eigenvalue weighted by molar-refractivity contribution is 6.31. The van der Waals surface area contributed by atoms with Crippen molar-refractivity contribution in [1.82, 2.24) is 15.3 Å². The molecule has 5 heteroatoms. The minimum Gasteiger partial charge on any atom is -0.302 e. The Morgan fingerprint density at radius 3 is 2.65 bits per heavy atom. The van der Waals surface area contributed by atoms with Crippen LogP contribution in [0.1, 0.15) is 37.7 Å². The average molecular weight is 297 g/mol. The monoisotopic (exact) mass is 296 g/mol. The normalized spacial score (nSPS) is 20.1. The van der Waals surface area contributed by atoms with Gasteiger partial charge in [-0.05, 0) is 45.0 Å². The maximum atomic E-state index is 6.24. The molecule has 0 spiro atoms. The van der Waals surface area contributed by atoms with Crippen molar-refractivity contribution in [3.8, 4) is 0 Å². The number of nitrogens with two attached hydrogens (primary N) is 1. The molecular weight excluding hydrogens is 272 g/mol. The Hall–Kier alpha value is -0.680. The molecule has 1 saturated carbocycles. The zero-order chi connectivity index (χ0) is 14.6. The molecule has 0 saturated heterocycles. The Labute approximate surface area is 126 Å². The largest absolute Gasteiger partial charge is 0.302 e. The molecule has 1 atom stereocenters. The van der Waals surface area contributed by atoms with Crippen LogP contribution < -0.4 is 11.3 Å². The molecule has 1 aliphatic rings. The average Bonchev–Trinajstić information content (AvgIpc) is 2.47. The summed E-state index contributed by atoms with van der Waals surface area (Å²) in [5, 5.41) is 0.720. The molecule has 0 bridgehead atoms. The number of hydrogen-bond acceptors (Lipinski definition) is 4. The first-order valence-electron chi connectivity index (χ1n) is 7.32. The van der Waals surface area contributed by atoms with Crippen molar-refractivity contribution in [1.29, 1.82) is 0 Å². The summed E-state index contributed by atoms with van der Waals surface area (Å²) >= 11 is 6.24. The lowest BCUT2D eigenvalue weighted by molar-refractivity contribution is 0.0569. The number of rotatable bonds is 5. The summed E-state index contributed by atoms with van der Waals surface area (Å²) in [6.45, 7) is 0. The van der Waals surface area contributed by atoms with E-state index in [0.29, 0.717) is 0 Å². The number of likely N-dealkylation sites (N-methyl/N-ethyl adjacent to an activating group) is 1. The number of hydrogen-bond donors (Lipinski definition) is 2. The fourth-order valence-electron chi connectivity index (χ4n) is 3.46. The van der Waals surface area contributed by atoms with Crippen molar-refractivity contribution in [2.75, 3.05) is 14.1 Å². The molecule has 0 radical (unpaired) electrons. The minimum absolute atomic E-state index is 0.111. The van der Waals surface area contributed by atoms with Crippen molar-refractivity contribution in [2.45, 2.75) is 50.1 Å². The topological polar surface area (TPSA) is 54.2 Å². The van der Waals surface area contributed by atoms with Gasteiger partial charge in [0.15, 0.2) is 0 Å². The van der Waals surface area contributed by atoms with Gasteiger partial charge in [0, 0.05) is 24.0 Å². The number of nitrogens with zero attached hydrogens (tertiary/aromatic N) is 2. The minimum atomic E-state index is 0.111. The number of pyridine rings is 1. The highest BCUT2D eigenvalue weighted by Crippen LogP contribution is 2.36. The SMILES string of the molecule is CN(C)C1(C(Cc2ccncc2Cl)NN)CCCCC1. The van der Waals surface area contributed by atoms with Gasteiger partial charge < -0.3 is 4.90 Å². The van der Waals surface area contributed by atoms with Crippen LogP contribution in [0.3, 0.4) is 0 Å². The number of nitrogens with one attached hydrogen (secondary N) is 1. The first-order valence-corrected chi connectivity index (χ1v) is 7.70. The summed E-state index contributed by atoms with van der Waals surface area (Å²) in [5.74, 6) is 5.89. The van der Waals surface area contributed by atoms with Gasteiger partial charge in [-0.1, -0.05) is 30.9 Å². The third-order valence-electron chi connectivity index (χ3n) is 4.74. The van der Waals surface area contributed by atoms with Crippen LogP contribution in [-0.2, 0) is 6.42 Å². The van der Waals surface area contributed by atoms with E-state index in [1.54, 1.807) is 12.4 Å². The van der Waals surface area contributed by atoms with E-state index in [0.717, 1.165) is 17.0 Å². The molecule has 1 fully saturated rings. The second-order valence-corrected chi connectivity index (χ2v) is 6.36. The molecule has 1 heterocycles. The fraction of sp³-hybridized carbons (Fsp3) is 0.667. The smallest absolute Gasteiger partial charge is 0.0621 e. The van der Waals surface area contributed by atoms with Crippen molar-refractivity contribution in [3.05, 3.63) is 29.0 Å². The van der Waals surface area contributed by atoms with Crippen LogP contribution in [0, 0.1) is 0 Å². The second-order valence-electron chi connectivity index (χ2n) is 5.95. The highest BCUT2D eigenvalue weighted by Gasteiger charge is 2.41. The maximum Gasteiger partial charge on any atom is 0.0621 e. The quantitative estimate of drug-likeness (QED) is 0.647. The van der Waals surface area contributed by atoms with Crippen LogP contribution >= 0.6 is 11.6 Å². The molecule has 112 valence electrons. The van der Waals surface area contributed by atoms with Crippen LogP contribution in [0.4, 0.5) is 0 Å². The summed E-state index contributed by atoms with van der Waals surface area (Å²) in [5.41, 5.74) is 4.27. The van der Waals surface area contributed by atoms with E-state index < -0.39 is 0 Å². The van der Waals surface area contributed by atoms with Gasteiger partial charge in [-0.15, -0.1) is 0 Å². The summed E-state index contributed by atoms with van der Waals surface area (Å²) in [6, 6.07) is 2.18. The van der Waals surface area contributed by atoms with Crippen molar-refractivity contribution in [3.63, 3.8) is 0 Å². The molecule has 0 aliphatic heterocycles. The van der Waals surface area contributed by atoms with E-state index in [-0.39, 0.29) is 11.6 Å². The summed E-state index contributed by atoms with van der Waals surface area (Å²) in [4.78, 5) is 6.39. The molecule has 20 heavy (non-hydrogen) atoms. The lowest BCUT2D eigenvalue weighted by Gasteiger charge is -2.48. The first kappa shape index (κ1) is 15.7. The van der Waals surface area contributed by atoms with E-state index >= 15 is 0 Å². The summed E-state index contributed by atoms with van der Waals surface area (Å²) in [6.07, 6.45) is 10.5. The summed E-state index contributed by atoms with van der Waals surface area (Å²) < 4.78 is 0. The molecule has 3 N–H and O–H groups in total. The Morgan fingerprint density at radius 2 is 2.10 bits per heavy atom. The molecule has 1 aliphatic carbocycles. The Kier molecular flexibility index (Phi) is 5.38. The first-order chi connectivity index (χ1) is 9.60. The molecule has 1 unspecified atom stereocenters. The van der Waals surface area contributed by atoms with Gasteiger partial charge in [-0.2, -0.15) is 0 Å². The Bertz CT molecular complexity index is 430. The third kappa shape index (κ3) is 3.14. The molecule has 1 aromatic heterocycles. The van der Waals surface area contributed by atoms with Gasteiger partial charge in [0.25, 0.3) is 0 Å². The van der Waals surface area contributed by atoms with Crippen LogP contribution in [0.15, 0.2) is 18.5 Å². The van der Waals surface area contributed by atoms with Gasteiger partial charge in [0.1, 0.15) is 0 Å². The van der Waals surface area contributed by atoms with Crippen molar-refractivity contribution in [2.24, 2.45) is 5.84 Å². The van der Waals surface area contributed by atoms with E-state index in [2.05, 4.69) is 29.4 Å². The molecule has 1 aromatic rings. The van der Waals surface area contributed by atoms with Crippen molar-refractivity contribution >= 4 is 11.6 Å². The van der Waals surface area contributed by atoms with E-state index in [1.807, 2.05) is 6.07 Å². The van der Waals surface area contributed by atoms with Crippen molar-refractivity contribution < 1.29 is 0 Å². The lowest BCUT2D eigenvalue weighted by Crippen LogP contribution is -2.62. The van der Waals surface area contributed by atoms with E-state index in [1.165, 1.54) is 32.1 Å². The van der Waals surface area contributed by atoms with Gasteiger partial charge in [-0.3, -0.25) is 16.3 Å². The second kappa shape index (κ2) is 6.85. The van der Waals surface area contributed by atoms with Crippen LogP contribution in [0.2, 0.25) is 5.02 Å². The number of aromatic nitrogens is 1. The zero-order valence-electron chi connectivity index (χ0n) is 12.4. The van der Waals surface area contributed by atoms with Crippen LogP contribution in [0.25, 0.3) is 0 Å². The molecule has 4 nitrogen and oxygen atoms in total. The Morgan fingerprint density at radius 1 is 1.40 bits per heavy atom. The van der Waals surface area contributed by atoms with Gasteiger partial charge >= 0.3 is 0 Å². The predicted molar refractivity (Wildman–Crippen MR) is 83.6 cm³/mol. The fourth-order valence-corrected chi connectivity index (χ4v) is 3.66. The number of hydrazine groups is 1.